The van der Waals surface area contributed by atoms with E-state index in [1.54, 1.807) is 6.07 Å². The Bertz CT molecular complexity index is 642. The van der Waals surface area contributed by atoms with Crippen LogP contribution in [0.5, 0.6) is 0 Å². The van der Waals surface area contributed by atoms with Crippen LogP contribution >= 0.6 is 0 Å². The summed E-state index contributed by atoms with van der Waals surface area (Å²) in [6, 6.07) is 4.48. The summed E-state index contributed by atoms with van der Waals surface area (Å²) >= 11 is 0. The number of hydrogen-bond acceptors (Lipinski definition) is 5. The first kappa shape index (κ1) is 15.8. The maximum absolute atomic E-state index is 11.6. The van der Waals surface area contributed by atoms with Crippen LogP contribution in [0, 0.1) is 10.1 Å². The summed E-state index contributed by atoms with van der Waals surface area (Å²) in [4.78, 5) is 12.9. The molecular formula is C14H20N2O4S. The summed E-state index contributed by atoms with van der Waals surface area (Å²) in [7, 11) is -3.45. The van der Waals surface area contributed by atoms with Gasteiger partial charge in [-0.3, -0.25) is 10.1 Å². The van der Waals surface area contributed by atoms with Crippen molar-refractivity contribution in [3.05, 3.63) is 28.3 Å². The first-order valence-electron chi connectivity index (χ1n) is 7.09. The summed E-state index contributed by atoms with van der Waals surface area (Å²) in [6.45, 7) is 2.84. The van der Waals surface area contributed by atoms with Crippen molar-refractivity contribution in [2.24, 2.45) is 0 Å². The summed E-state index contributed by atoms with van der Waals surface area (Å²) in [5.74, 6) is 0. The highest BCUT2D eigenvalue weighted by atomic mass is 32.2. The largest absolute Gasteiger partial charge is 0.363 e. The van der Waals surface area contributed by atoms with E-state index in [4.69, 9.17) is 0 Å². The molecule has 0 aliphatic carbocycles. The van der Waals surface area contributed by atoms with Gasteiger partial charge in [0.1, 0.15) is 5.69 Å². The molecule has 1 saturated heterocycles. The zero-order chi connectivity index (χ0) is 15.6. The molecule has 2 rings (SSSR count). The van der Waals surface area contributed by atoms with Crippen LogP contribution in [0.4, 0.5) is 11.4 Å². The minimum atomic E-state index is -3.45. The molecule has 0 unspecified atom stereocenters. The maximum atomic E-state index is 11.6. The molecule has 0 saturated carbocycles. The molecule has 116 valence electrons. The van der Waals surface area contributed by atoms with Gasteiger partial charge in [-0.05, 0) is 37.8 Å². The van der Waals surface area contributed by atoms with Crippen molar-refractivity contribution in [2.45, 2.75) is 43.5 Å². The van der Waals surface area contributed by atoms with Crippen LogP contribution in [0.15, 0.2) is 23.1 Å². The Morgan fingerprint density at radius 1 is 1.38 bits per heavy atom. The number of hydrogen-bond donors (Lipinski definition) is 0. The fourth-order valence-electron chi connectivity index (χ4n) is 2.87. The van der Waals surface area contributed by atoms with Gasteiger partial charge in [-0.25, -0.2) is 8.42 Å². The quantitative estimate of drug-likeness (QED) is 0.631. The third kappa shape index (κ3) is 3.34. The monoisotopic (exact) mass is 312 g/mol. The first-order valence-corrected chi connectivity index (χ1v) is 8.99. The Morgan fingerprint density at radius 3 is 2.67 bits per heavy atom. The lowest BCUT2D eigenvalue weighted by Gasteiger charge is -2.36. The summed E-state index contributed by atoms with van der Waals surface area (Å²) in [6.07, 6.45) is 5.12. The van der Waals surface area contributed by atoms with E-state index in [-0.39, 0.29) is 16.6 Å². The van der Waals surface area contributed by atoms with Gasteiger partial charge in [0.25, 0.3) is 5.69 Å². The van der Waals surface area contributed by atoms with Gasteiger partial charge >= 0.3 is 0 Å². The molecule has 1 aliphatic heterocycles. The molecule has 0 bridgehead atoms. The molecular weight excluding hydrogens is 292 g/mol. The molecule has 0 N–H and O–H groups in total. The maximum Gasteiger partial charge on any atom is 0.293 e. The molecule has 1 aromatic carbocycles. The van der Waals surface area contributed by atoms with Gasteiger partial charge in [0, 0.05) is 24.9 Å². The number of rotatable bonds is 4. The molecule has 0 amide bonds. The molecule has 0 radical (unpaired) electrons. The van der Waals surface area contributed by atoms with E-state index < -0.39 is 14.8 Å². The highest BCUT2D eigenvalue weighted by Crippen LogP contribution is 2.35. The molecule has 1 fully saturated rings. The average Bonchev–Trinajstić information content (AvgIpc) is 2.45. The third-order valence-electron chi connectivity index (χ3n) is 3.98. The number of piperidine rings is 1. The van der Waals surface area contributed by atoms with Crippen LogP contribution in [0.25, 0.3) is 0 Å². The molecule has 0 aromatic heterocycles. The number of nitro benzene ring substituents is 1. The van der Waals surface area contributed by atoms with Crippen LogP contribution < -0.4 is 4.90 Å². The highest BCUT2D eigenvalue weighted by Gasteiger charge is 2.28. The number of sulfone groups is 1. The van der Waals surface area contributed by atoms with E-state index in [1.165, 1.54) is 12.1 Å². The number of benzene rings is 1. The SMILES string of the molecule is CC[C@@H]1CCCCN1c1ccc(S(C)(=O)=O)cc1[N+](=O)[O-]. The molecule has 1 heterocycles. The fraction of sp³-hybridized carbons (Fsp3) is 0.571. The van der Waals surface area contributed by atoms with Gasteiger partial charge in [-0.15, -0.1) is 0 Å². The molecule has 7 heteroatoms. The smallest absolute Gasteiger partial charge is 0.293 e. The lowest BCUT2D eigenvalue weighted by molar-refractivity contribution is -0.384. The lowest BCUT2D eigenvalue weighted by atomic mass is 9.99. The van der Waals surface area contributed by atoms with Crippen LogP contribution in [0.1, 0.15) is 32.6 Å². The van der Waals surface area contributed by atoms with Crippen molar-refractivity contribution < 1.29 is 13.3 Å². The molecule has 1 aromatic rings. The van der Waals surface area contributed by atoms with Gasteiger partial charge in [-0.1, -0.05) is 6.92 Å². The van der Waals surface area contributed by atoms with Crippen molar-refractivity contribution in [2.75, 3.05) is 17.7 Å². The van der Waals surface area contributed by atoms with Crippen LogP contribution in [-0.2, 0) is 9.84 Å². The second-order valence-corrected chi connectivity index (χ2v) is 7.45. The molecule has 1 aliphatic rings. The van der Waals surface area contributed by atoms with Crippen molar-refractivity contribution in [3.63, 3.8) is 0 Å². The van der Waals surface area contributed by atoms with Crippen molar-refractivity contribution >= 4 is 21.2 Å². The minimum absolute atomic E-state index is 0.0111. The summed E-state index contributed by atoms with van der Waals surface area (Å²) in [5.41, 5.74) is 0.400. The standard InChI is InChI=1S/C14H20N2O4S/c1-3-11-6-4-5-9-15(11)13-8-7-12(21(2,19)20)10-14(13)16(17)18/h7-8,10-11H,3-6,9H2,1-2H3/t11-/m1/s1. The molecule has 6 nitrogen and oxygen atoms in total. The highest BCUT2D eigenvalue weighted by molar-refractivity contribution is 7.90. The third-order valence-corrected chi connectivity index (χ3v) is 5.09. The van der Waals surface area contributed by atoms with Gasteiger partial charge < -0.3 is 4.90 Å². The van der Waals surface area contributed by atoms with E-state index in [1.807, 2.05) is 4.90 Å². The molecule has 0 spiro atoms. The Kier molecular flexibility index (Phi) is 4.51. The predicted octanol–water partition coefficient (Wildman–Crippen LogP) is 2.77. The number of nitrogens with zero attached hydrogens (tertiary/aromatic N) is 2. The molecule has 21 heavy (non-hydrogen) atoms. The topological polar surface area (TPSA) is 80.5 Å². The minimum Gasteiger partial charge on any atom is -0.363 e. The van der Waals surface area contributed by atoms with Gasteiger partial charge in [0.2, 0.25) is 0 Å². The predicted molar refractivity (Wildman–Crippen MR) is 81.5 cm³/mol. The van der Waals surface area contributed by atoms with E-state index >= 15 is 0 Å². The van der Waals surface area contributed by atoms with Gasteiger partial charge in [0.15, 0.2) is 9.84 Å². The first-order chi connectivity index (χ1) is 9.84. The number of nitro groups is 1. The lowest BCUT2D eigenvalue weighted by Crippen LogP contribution is -2.39. The second kappa shape index (κ2) is 6.01. The Morgan fingerprint density at radius 2 is 2.10 bits per heavy atom. The van der Waals surface area contributed by atoms with Crippen LogP contribution in [0.2, 0.25) is 0 Å². The van der Waals surface area contributed by atoms with E-state index in [9.17, 15) is 18.5 Å². The average molecular weight is 312 g/mol. The molecule has 1 atom stereocenters. The normalized spacial score (nSPS) is 19.5. The van der Waals surface area contributed by atoms with Crippen LogP contribution in [0.3, 0.4) is 0 Å². The van der Waals surface area contributed by atoms with Gasteiger partial charge in [-0.2, -0.15) is 0 Å². The Balaban J connectivity index is 2.50. The second-order valence-electron chi connectivity index (χ2n) is 5.43. The van der Waals surface area contributed by atoms with Gasteiger partial charge in [0.05, 0.1) is 9.82 Å². The van der Waals surface area contributed by atoms with E-state index in [0.717, 1.165) is 38.5 Å². The Labute approximate surface area is 124 Å². The van der Waals surface area contributed by atoms with Crippen LogP contribution in [-0.4, -0.2) is 32.2 Å². The summed E-state index contributed by atoms with van der Waals surface area (Å²) in [5, 5.41) is 11.3. The fourth-order valence-corrected chi connectivity index (χ4v) is 3.51. The van der Waals surface area contributed by atoms with Crippen molar-refractivity contribution in [1.82, 2.24) is 0 Å². The van der Waals surface area contributed by atoms with Crippen molar-refractivity contribution in [3.8, 4) is 0 Å². The van der Waals surface area contributed by atoms with E-state index in [0.29, 0.717) is 5.69 Å². The zero-order valence-corrected chi connectivity index (χ0v) is 13.1. The zero-order valence-electron chi connectivity index (χ0n) is 12.3. The summed E-state index contributed by atoms with van der Waals surface area (Å²) < 4.78 is 23.2. The Hall–Kier alpha value is -1.63. The van der Waals surface area contributed by atoms with E-state index in [2.05, 4.69) is 6.92 Å². The van der Waals surface area contributed by atoms with Crippen molar-refractivity contribution in [1.29, 1.82) is 0 Å². The number of anilines is 1.